The van der Waals surface area contributed by atoms with Gasteiger partial charge in [-0.2, -0.15) is 0 Å². The van der Waals surface area contributed by atoms with Crippen molar-refractivity contribution in [3.63, 3.8) is 0 Å². The number of nitrogens with zero attached hydrogens (tertiary/aromatic N) is 2. The van der Waals surface area contributed by atoms with E-state index < -0.39 is 0 Å². The molecule has 1 saturated carbocycles. The summed E-state index contributed by atoms with van der Waals surface area (Å²) in [5.74, 6) is 1.78. The topological polar surface area (TPSA) is 18.5 Å². The monoisotopic (exact) mass is 293 g/mol. The molecule has 0 aromatic carbocycles. The molecule has 2 aliphatic heterocycles. The van der Waals surface area contributed by atoms with Crippen LogP contribution in [0, 0.1) is 11.8 Å². The van der Waals surface area contributed by atoms with Crippen molar-refractivity contribution < 1.29 is 0 Å². The van der Waals surface area contributed by atoms with Crippen molar-refractivity contribution in [2.24, 2.45) is 11.8 Å². The third-order valence-corrected chi connectivity index (χ3v) is 6.40. The van der Waals surface area contributed by atoms with Gasteiger partial charge in [-0.05, 0) is 64.5 Å². The first kappa shape index (κ1) is 15.8. The third-order valence-electron chi connectivity index (χ3n) is 6.40. The van der Waals surface area contributed by atoms with Crippen LogP contribution in [-0.4, -0.2) is 61.2 Å². The Morgan fingerprint density at radius 1 is 1.05 bits per heavy atom. The van der Waals surface area contributed by atoms with Crippen LogP contribution in [0.5, 0.6) is 0 Å². The van der Waals surface area contributed by atoms with Gasteiger partial charge in [0.05, 0.1) is 0 Å². The summed E-state index contributed by atoms with van der Waals surface area (Å²) in [6.45, 7) is 10.2. The Labute approximate surface area is 131 Å². The quantitative estimate of drug-likeness (QED) is 0.863. The largest absolute Gasteiger partial charge is 0.317 e. The minimum absolute atomic E-state index is 0.745. The number of piperidine rings is 1. The highest BCUT2D eigenvalue weighted by atomic mass is 15.3. The number of hydrogen-bond donors (Lipinski definition) is 1. The molecule has 1 N–H and O–H groups in total. The van der Waals surface area contributed by atoms with Crippen LogP contribution < -0.4 is 5.32 Å². The van der Waals surface area contributed by atoms with Crippen LogP contribution in [-0.2, 0) is 0 Å². The number of piperazine rings is 1. The molecule has 3 nitrogen and oxygen atoms in total. The molecular weight excluding hydrogens is 258 g/mol. The first-order chi connectivity index (χ1) is 10.2. The van der Waals surface area contributed by atoms with Crippen LogP contribution in [0.15, 0.2) is 0 Å². The zero-order valence-corrected chi connectivity index (χ0v) is 14.4. The van der Waals surface area contributed by atoms with Gasteiger partial charge in [0.1, 0.15) is 0 Å². The van der Waals surface area contributed by atoms with E-state index in [1.807, 2.05) is 0 Å². The first-order valence-electron chi connectivity index (χ1n) is 9.32. The molecule has 2 saturated heterocycles. The van der Waals surface area contributed by atoms with Gasteiger partial charge >= 0.3 is 0 Å². The lowest BCUT2D eigenvalue weighted by Crippen LogP contribution is -2.60. The molecule has 3 rings (SSSR count). The van der Waals surface area contributed by atoms with E-state index in [9.17, 15) is 0 Å². The molecule has 0 aromatic heterocycles. The Kier molecular flexibility index (Phi) is 5.23. The van der Waals surface area contributed by atoms with E-state index >= 15 is 0 Å². The van der Waals surface area contributed by atoms with Crippen molar-refractivity contribution in [3.05, 3.63) is 0 Å². The number of fused-ring (bicyclic) bond motifs is 1. The van der Waals surface area contributed by atoms with Crippen LogP contribution in [0.1, 0.15) is 52.4 Å². The number of nitrogens with one attached hydrogen (secondary N) is 1. The van der Waals surface area contributed by atoms with Crippen molar-refractivity contribution in [2.45, 2.75) is 70.5 Å². The zero-order chi connectivity index (χ0) is 14.8. The summed E-state index contributed by atoms with van der Waals surface area (Å²) < 4.78 is 0. The van der Waals surface area contributed by atoms with Crippen LogP contribution in [0.2, 0.25) is 0 Å². The van der Waals surface area contributed by atoms with E-state index in [0.29, 0.717) is 0 Å². The van der Waals surface area contributed by atoms with E-state index in [2.05, 4.69) is 36.0 Å². The fourth-order valence-electron chi connectivity index (χ4n) is 5.05. The highest BCUT2D eigenvalue weighted by molar-refractivity contribution is 4.92. The maximum atomic E-state index is 3.60. The number of rotatable bonds is 3. The first-order valence-corrected chi connectivity index (χ1v) is 9.32. The van der Waals surface area contributed by atoms with E-state index in [0.717, 1.165) is 30.0 Å². The molecule has 0 bridgehead atoms. The Morgan fingerprint density at radius 2 is 1.90 bits per heavy atom. The van der Waals surface area contributed by atoms with Gasteiger partial charge in [0.15, 0.2) is 0 Å². The molecule has 5 unspecified atom stereocenters. The fraction of sp³-hybridized carbons (Fsp3) is 1.00. The van der Waals surface area contributed by atoms with Crippen LogP contribution in [0.4, 0.5) is 0 Å². The van der Waals surface area contributed by atoms with Gasteiger partial charge in [0, 0.05) is 37.8 Å². The second-order valence-electron chi connectivity index (χ2n) is 8.02. The second-order valence-corrected chi connectivity index (χ2v) is 8.02. The van der Waals surface area contributed by atoms with Crippen molar-refractivity contribution in [2.75, 3.05) is 33.2 Å². The maximum Gasteiger partial charge on any atom is 0.0223 e. The van der Waals surface area contributed by atoms with Crippen molar-refractivity contribution in [1.82, 2.24) is 15.1 Å². The van der Waals surface area contributed by atoms with Crippen LogP contribution >= 0.6 is 0 Å². The minimum atomic E-state index is 0.745. The molecule has 0 spiro atoms. The molecule has 1 aliphatic carbocycles. The minimum Gasteiger partial charge on any atom is -0.317 e. The standard InChI is InChI=1S/C18H35N3/c1-14-7-8-18(19-3)16(10-14)12-21-13-17-6-4-5-9-20(17)11-15(21)2/h14-19H,4-13H2,1-3H3. The molecule has 21 heavy (non-hydrogen) atoms. The van der Waals surface area contributed by atoms with Gasteiger partial charge in [0.25, 0.3) is 0 Å². The lowest BCUT2D eigenvalue weighted by molar-refractivity contribution is -0.000167. The highest BCUT2D eigenvalue weighted by Gasteiger charge is 2.36. The van der Waals surface area contributed by atoms with Crippen molar-refractivity contribution >= 4 is 0 Å². The molecule has 3 fully saturated rings. The predicted molar refractivity (Wildman–Crippen MR) is 89.6 cm³/mol. The average molecular weight is 293 g/mol. The van der Waals surface area contributed by atoms with Gasteiger partial charge in [-0.15, -0.1) is 0 Å². The molecule has 3 heteroatoms. The molecule has 0 amide bonds. The Balaban J connectivity index is 1.60. The summed E-state index contributed by atoms with van der Waals surface area (Å²) in [5.41, 5.74) is 0. The van der Waals surface area contributed by atoms with E-state index in [1.165, 1.54) is 64.7 Å². The van der Waals surface area contributed by atoms with Crippen molar-refractivity contribution in [3.8, 4) is 0 Å². The summed E-state index contributed by atoms with van der Waals surface area (Å²) >= 11 is 0. The molecule has 0 radical (unpaired) electrons. The normalized spacial score (nSPS) is 42.7. The van der Waals surface area contributed by atoms with Gasteiger partial charge in [-0.3, -0.25) is 9.80 Å². The Hall–Kier alpha value is -0.120. The van der Waals surface area contributed by atoms with E-state index in [1.54, 1.807) is 0 Å². The van der Waals surface area contributed by atoms with Gasteiger partial charge in [-0.25, -0.2) is 0 Å². The van der Waals surface area contributed by atoms with Gasteiger partial charge < -0.3 is 5.32 Å². The third kappa shape index (κ3) is 3.62. The molecule has 5 atom stereocenters. The zero-order valence-electron chi connectivity index (χ0n) is 14.4. The predicted octanol–water partition coefficient (Wildman–Crippen LogP) is 2.57. The fourth-order valence-corrected chi connectivity index (χ4v) is 5.05. The van der Waals surface area contributed by atoms with Crippen molar-refractivity contribution in [1.29, 1.82) is 0 Å². The SMILES string of the molecule is CNC1CCC(C)CC1CN1CC2CCCCN2CC1C. The summed E-state index contributed by atoms with van der Waals surface area (Å²) in [7, 11) is 2.16. The highest BCUT2D eigenvalue weighted by Crippen LogP contribution is 2.31. The average Bonchev–Trinajstić information content (AvgIpc) is 2.48. The summed E-state index contributed by atoms with van der Waals surface area (Å²) in [4.78, 5) is 5.59. The Bertz CT molecular complexity index is 332. The number of hydrogen-bond acceptors (Lipinski definition) is 3. The van der Waals surface area contributed by atoms with Gasteiger partial charge in [-0.1, -0.05) is 13.3 Å². The van der Waals surface area contributed by atoms with Crippen LogP contribution in [0.3, 0.4) is 0 Å². The molecule has 122 valence electrons. The van der Waals surface area contributed by atoms with Gasteiger partial charge in [0.2, 0.25) is 0 Å². The molecule has 0 aromatic rings. The second kappa shape index (κ2) is 6.97. The Morgan fingerprint density at radius 3 is 2.71 bits per heavy atom. The smallest absolute Gasteiger partial charge is 0.0223 e. The summed E-state index contributed by atoms with van der Waals surface area (Å²) in [6, 6.07) is 2.34. The summed E-state index contributed by atoms with van der Waals surface area (Å²) in [6.07, 6.45) is 8.51. The molecule has 3 aliphatic rings. The molecular formula is C18H35N3. The molecule has 2 heterocycles. The summed E-state index contributed by atoms with van der Waals surface area (Å²) in [5, 5.41) is 3.60. The van der Waals surface area contributed by atoms with Crippen LogP contribution in [0.25, 0.3) is 0 Å². The maximum absolute atomic E-state index is 3.60. The van der Waals surface area contributed by atoms with E-state index in [-0.39, 0.29) is 0 Å². The van der Waals surface area contributed by atoms with E-state index in [4.69, 9.17) is 0 Å². The lowest BCUT2D eigenvalue weighted by atomic mass is 9.78. The lowest BCUT2D eigenvalue weighted by Gasteiger charge is -2.49.